The summed E-state index contributed by atoms with van der Waals surface area (Å²) in [4.78, 5) is 14.1. The summed E-state index contributed by atoms with van der Waals surface area (Å²) in [5, 5.41) is 9.35. The second kappa shape index (κ2) is 6.12. The zero-order chi connectivity index (χ0) is 18.2. The number of ether oxygens (including phenoxy) is 1. The minimum Gasteiger partial charge on any atom is -0.481 e. The van der Waals surface area contributed by atoms with Gasteiger partial charge in [0.25, 0.3) is 0 Å². The van der Waals surface area contributed by atoms with Crippen LogP contribution in [0.15, 0.2) is 42.5 Å². The van der Waals surface area contributed by atoms with Crippen LogP contribution in [0.1, 0.15) is 5.56 Å². The van der Waals surface area contributed by atoms with Gasteiger partial charge in [0.15, 0.2) is 0 Å². The van der Waals surface area contributed by atoms with Gasteiger partial charge in [0.05, 0.1) is 12.1 Å². The van der Waals surface area contributed by atoms with Crippen LogP contribution < -0.4 is 4.74 Å². The van der Waals surface area contributed by atoms with Crippen molar-refractivity contribution in [2.75, 3.05) is 0 Å². The first-order chi connectivity index (χ1) is 11.7. The van der Waals surface area contributed by atoms with Crippen molar-refractivity contribution in [2.24, 2.45) is 0 Å². The van der Waals surface area contributed by atoms with Crippen LogP contribution in [0.3, 0.4) is 0 Å². The van der Waals surface area contributed by atoms with E-state index in [0.29, 0.717) is 5.52 Å². The highest BCUT2D eigenvalue weighted by Crippen LogP contribution is 2.35. The number of alkyl halides is 3. The quantitative estimate of drug-likeness (QED) is 0.679. The molecule has 8 heteroatoms. The fraction of sp³-hybridized carbons (Fsp3) is 0.118. The summed E-state index contributed by atoms with van der Waals surface area (Å²) in [6.07, 6.45) is -5.36. The van der Waals surface area contributed by atoms with Crippen LogP contribution in [-0.2, 0) is 11.2 Å². The number of nitrogens with one attached hydrogen (secondary N) is 1. The van der Waals surface area contributed by atoms with E-state index in [2.05, 4.69) is 9.72 Å². The molecule has 4 nitrogen and oxygen atoms in total. The van der Waals surface area contributed by atoms with Crippen molar-refractivity contribution in [3.05, 3.63) is 53.8 Å². The predicted octanol–water partition coefficient (Wildman–Crippen LogP) is 4.50. The van der Waals surface area contributed by atoms with E-state index < -0.39 is 30.3 Å². The topological polar surface area (TPSA) is 62.3 Å². The highest BCUT2D eigenvalue weighted by molar-refractivity contribution is 5.94. The lowest BCUT2D eigenvalue weighted by molar-refractivity contribution is -0.274. The lowest BCUT2D eigenvalue weighted by atomic mass is 10.0. The van der Waals surface area contributed by atoms with Crippen LogP contribution in [0.25, 0.3) is 22.2 Å². The fourth-order valence-corrected chi connectivity index (χ4v) is 2.65. The molecule has 2 N–H and O–H groups in total. The number of carboxylic acids is 1. The first kappa shape index (κ1) is 16.8. The van der Waals surface area contributed by atoms with Gasteiger partial charge in [0.2, 0.25) is 0 Å². The molecule has 130 valence electrons. The molecule has 0 radical (unpaired) electrons. The molecule has 0 atom stereocenters. The number of hydrogen-bond acceptors (Lipinski definition) is 2. The van der Waals surface area contributed by atoms with Crippen molar-refractivity contribution >= 4 is 16.9 Å². The maximum absolute atomic E-state index is 14.1. The Morgan fingerprint density at radius 3 is 2.52 bits per heavy atom. The summed E-state index contributed by atoms with van der Waals surface area (Å²) in [7, 11) is 0. The second-order valence-corrected chi connectivity index (χ2v) is 5.28. The third kappa shape index (κ3) is 3.57. The zero-order valence-corrected chi connectivity index (χ0v) is 12.5. The lowest BCUT2D eigenvalue weighted by Gasteiger charge is -2.09. The summed E-state index contributed by atoms with van der Waals surface area (Å²) in [5.41, 5.74) is 0.900. The number of halogens is 4. The van der Waals surface area contributed by atoms with Crippen LogP contribution in [-0.4, -0.2) is 22.4 Å². The molecular formula is C17H11F4NO3. The third-order valence-corrected chi connectivity index (χ3v) is 3.58. The van der Waals surface area contributed by atoms with Gasteiger partial charge in [-0.15, -0.1) is 13.2 Å². The molecule has 0 aliphatic heterocycles. The number of aromatic amines is 1. The molecule has 1 heterocycles. The monoisotopic (exact) mass is 353 g/mol. The minimum absolute atomic E-state index is 0.133. The van der Waals surface area contributed by atoms with E-state index in [1.807, 2.05) is 0 Å². The highest BCUT2D eigenvalue weighted by atomic mass is 19.4. The van der Waals surface area contributed by atoms with Gasteiger partial charge in [-0.3, -0.25) is 4.79 Å². The molecule has 0 fully saturated rings. The van der Waals surface area contributed by atoms with Gasteiger partial charge in [0, 0.05) is 16.5 Å². The summed E-state index contributed by atoms with van der Waals surface area (Å²) >= 11 is 0. The van der Waals surface area contributed by atoms with Gasteiger partial charge in [-0.2, -0.15) is 0 Å². The van der Waals surface area contributed by atoms with E-state index in [9.17, 15) is 22.4 Å². The Kier molecular flexibility index (Phi) is 4.12. The van der Waals surface area contributed by atoms with E-state index in [0.717, 1.165) is 12.1 Å². The molecule has 0 unspecified atom stereocenters. The Hall–Kier alpha value is -3.03. The molecule has 0 bridgehead atoms. The number of H-pyrrole nitrogens is 1. The Morgan fingerprint density at radius 2 is 1.88 bits per heavy atom. The Bertz CT molecular complexity index is 947. The first-order valence-electron chi connectivity index (χ1n) is 7.11. The van der Waals surface area contributed by atoms with Crippen LogP contribution in [0, 0.1) is 5.82 Å². The predicted molar refractivity (Wildman–Crippen MR) is 81.7 cm³/mol. The first-order valence-corrected chi connectivity index (χ1v) is 7.11. The number of aromatic nitrogens is 1. The minimum atomic E-state index is -4.87. The molecular weight excluding hydrogens is 342 g/mol. The van der Waals surface area contributed by atoms with Crippen LogP contribution in [0.4, 0.5) is 17.6 Å². The fourth-order valence-electron chi connectivity index (χ4n) is 2.65. The smallest absolute Gasteiger partial charge is 0.481 e. The molecule has 0 amide bonds. The van der Waals surface area contributed by atoms with Crippen molar-refractivity contribution in [3.8, 4) is 17.0 Å². The number of carbonyl (C=O) groups is 1. The molecule has 3 aromatic rings. The highest BCUT2D eigenvalue weighted by Gasteiger charge is 2.31. The summed E-state index contributed by atoms with van der Waals surface area (Å²) in [6, 6.07) is 9.23. The van der Waals surface area contributed by atoms with Crippen molar-refractivity contribution < 1.29 is 32.2 Å². The van der Waals surface area contributed by atoms with Crippen molar-refractivity contribution in [1.29, 1.82) is 0 Å². The number of benzene rings is 2. The van der Waals surface area contributed by atoms with E-state index in [1.165, 1.54) is 24.3 Å². The number of fused-ring (bicyclic) bond motifs is 1. The van der Waals surface area contributed by atoms with Crippen LogP contribution in [0.2, 0.25) is 0 Å². The maximum Gasteiger partial charge on any atom is 0.573 e. The molecule has 3 rings (SSSR count). The SMILES string of the molecule is O=C(O)Cc1c(-c2ccccc2F)[nH]c2ccc(OC(F)(F)F)cc12. The third-order valence-electron chi connectivity index (χ3n) is 3.58. The van der Waals surface area contributed by atoms with Gasteiger partial charge in [0.1, 0.15) is 11.6 Å². The van der Waals surface area contributed by atoms with Crippen LogP contribution in [0.5, 0.6) is 5.75 Å². The number of aliphatic carboxylic acids is 1. The largest absolute Gasteiger partial charge is 0.573 e. The molecule has 0 saturated carbocycles. The summed E-state index contributed by atoms with van der Waals surface area (Å²) in [6.45, 7) is 0. The van der Waals surface area contributed by atoms with Gasteiger partial charge in [-0.25, -0.2) is 4.39 Å². The van der Waals surface area contributed by atoms with E-state index in [4.69, 9.17) is 5.11 Å². The Morgan fingerprint density at radius 1 is 1.16 bits per heavy atom. The summed E-state index contributed by atoms with van der Waals surface area (Å²) < 4.78 is 55.2. The van der Waals surface area contributed by atoms with Gasteiger partial charge < -0.3 is 14.8 Å². The number of hydrogen-bond donors (Lipinski definition) is 2. The Balaban J connectivity index is 2.20. The second-order valence-electron chi connectivity index (χ2n) is 5.28. The molecule has 2 aromatic carbocycles. The van der Waals surface area contributed by atoms with Crippen LogP contribution >= 0.6 is 0 Å². The standard InChI is InChI=1S/C17H11F4NO3/c18-13-4-2-1-3-10(13)16-12(8-15(23)24)11-7-9(25-17(19,20)21)5-6-14(11)22-16/h1-7,22H,8H2,(H,23,24). The molecule has 0 aliphatic carbocycles. The normalized spacial score (nSPS) is 11.7. The Labute approximate surface area is 138 Å². The number of rotatable bonds is 4. The van der Waals surface area contributed by atoms with Crippen molar-refractivity contribution in [3.63, 3.8) is 0 Å². The molecule has 25 heavy (non-hydrogen) atoms. The molecule has 0 spiro atoms. The van der Waals surface area contributed by atoms with E-state index in [-0.39, 0.29) is 22.2 Å². The van der Waals surface area contributed by atoms with E-state index >= 15 is 0 Å². The van der Waals surface area contributed by atoms with Gasteiger partial charge >= 0.3 is 12.3 Å². The average Bonchev–Trinajstić information content (AvgIpc) is 2.84. The molecule has 1 aromatic heterocycles. The molecule has 0 saturated heterocycles. The van der Waals surface area contributed by atoms with Gasteiger partial charge in [-0.1, -0.05) is 12.1 Å². The summed E-state index contributed by atoms with van der Waals surface area (Å²) in [5.74, 6) is -2.25. The number of carboxylic acid groups (broad SMARTS) is 1. The van der Waals surface area contributed by atoms with Crippen molar-refractivity contribution in [2.45, 2.75) is 12.8 Å². The van der Waals surface area contributed by atoms with Crippen molar-refractivity contribution in [1.82, 2.24) is 4.98 Å². The lowest BCUT2D eigenvalue weighted by Crippen LogP contribution is -2.17. The maximum atomic E-state index is 14.1. The van der Waals surface area contributed by atoms with E-state index in [1.54, 1.807) is 6.07 Å². The molecule has 0 aliphatic rings. The van der Waals surface area contributed by atoms with Gasteiger partial charge in [-0.05, 0) is 35.9 Å². The average molecular weight is 353 g/mol. The zero-order valence-electron chi connectivity index (χ0n) is 12.5.